The molecular weight excluding hydrogens is 357 g/mol. The lowest BCUT2D eigenvalue weighted by Crippen LogP contribution is -2.01. The van der Waals surface area contributed by atoms with E-state index in [-0.39, 0.29) is 5.75 Å². The SMILES string of the molecule is Nc1cc(-c2cc(O)cc(F)c2)nc2c(-c3cnc4ccccc4c3)cnn12. The molecule has 0 aliphatic heterocycles. The maximum Gasteiger partial charge on any atom is 0.165 e. The number of benzene rings is 2. The first kappa shape index (κ1) is 16.2. The second-order valence-corrected chi connectivity index (χ2v) is 6.47. The third-order valence-electron chi connectivity index (χ3n) is 4.58. The number of aromatic nitrogens is 4. The number of nitrogens with two attached hydrogens (primary N) is 1. The van der Waals surface area contributed by atoms with Gasteiger partial charge in [-0.15, -0.1) is 0 Å². The summed E-state index contributed by atoms with van der Waals surface area (Å²) >= 11 is 0. The van der Waals surface area contributed by atoms with E-state index >= 15 is 0 Å². The van der Waals surface area contributed by atoms with Crippen LogP contribution in [-0.2, 0) is 0 Å². The van der Waals surface area contributed by atoms with Crippen molar-refractivity contribution in [3.63, 3.8) is 0 Å². The van der Waals surface area contributed by atoms with E-state index in [2.05, 4.69) is 15.1 Å². The van der Waals surface area contributed by atoms with E-state index in [0.29, 0.717) is 22.7 Å². The Morgan fingerprint density at radius 3 is 2.68 bits per heavy atom. The molecule has 5 rings (SSSR count). The minimum Gasteiger partial charge on any atom is -0.508 e. The molecule has 6 nitrogen and oxygen atoms in total. The van der Waals surface area contributed by atoms with Gasteiger partial charge in [-0.2, -0.15) is 9.61 Å². The number of halogens is 1. The van der Waals surface area contributed by atoms with E-state index in [0.717, 1.165) is 28.1 Å². The molecule has 0 unspecified atom stereocenters. The maximum absolute atomic E-state index is 13.7. The van der Waals surface area contributed by atoms with Crippen molar-refractivity contribution in [1.82, 2.24) is 19.6 Å². The molecule has 5 aromatic rings. The number of aromatic hydroxyl groups is 1. The van der Waals surface area contributed by atoms with E-state index in [1.807, 2.05) is 30.3 Å². The first-order valence-corrected chi connectivity index (χ1v) is 8.58. The monoisotopic (exact) mass is 371 g/mol. The number of phenolic OH excluding ortho intramolecular Hbond substituents is 1. The lowest BCUT2D eigenvalue weighted by Gasteiger charge is -2.07. The van der Waals surface area contributed by atoms with E-state index in [9.17, 15) is 9.50 Å². The highest BCUT2D eigenvalue weighted by Crippen LogP contribution is 2.30. The van der Waals surface area contributed by atoms with Crippen LogP contribution in [0.3, 0.4) is 0 Å². The van der Waals surface area contributed by atoms with Gasteiger partial charge in [0.15, 0.2) is 5.65 Å². The standard InChI is InChI=1S/C21H14FN5O/c22-15-6-13(7-16(28)8-15)19-9-20(23)27-21(26-19)17(11-25-27)14-5-12-3-1-2-4-18(12)24-10-14/h1-11,28H,23H2. The summed E-state index contributed by atoms with van der Waals surface area (Å²) in [6, 6.07) is 15.2. The fraction of sp³-hybridized carbons (Fsp3) is 0. The van der Waals surface area contributed by atoms with Crippen molar-refractivity contribution in [2.45, 2.75) is 0 Å². The van der Waals surface area contributed by atoms with Gasteiger partial charge in [0.05, 0.1) is 17.4 Å². The number of phenols is 1. The van der Waals surface area contributed by atoms with Crippen LogP contribution in [0.25, 0.3) is 38.9 Å². The quantitative estimate of drug-likeness (QED) is 0.489. The lowest BCUT2D eigenvalue weighted by molar-refractivity contribution is 0.469. The second-order valence-electron chi connectivity index (χ2n) is 6.47. The van der Waals surface area contributed by atoms with Gasteiger partial charge < -0.3 is 10.8 Å². The highest BCUT2D eigenvalue weighted by molar-refractivity contribution is 5.87. The minimum absolute atomic E-state index is 0.178. The number of pyridine rings is 1. The summed E-state index contributed by atoms with van der Waals surface area (Å²) in [5.41, 5.74) is 10.0. The molecule has 0 aliphatic carbocycles. The number of rotatable bonds is 2. The van der Waals surface area contributed by atoms with Crippen LogP contribution in [0.4, 0.5) is 10.2 Å². The van der Waals surface area contributed by atoms with Crippen molar-refractivity contribution in [1.29, 1.82) is 0 Å². The zero-order valence-electron chi connectivity index (χ0n) is 14.5. The lowest BCUT2D eigenvalue weighted by atomic mass is 10.1. The molecular formula is C21H14FN5O. The first-order chi connectivity index (χ1) is 13.6. The molecule has 0 aliphatic rings. The van der Waals surface area contributed by atoms with Gasteiger partial charge in [-0.1, -0.05) is 18.2 Å². The molecule has 136 valence electrons. The fourth-order valence-electron chi connectivity index (χ4n) is 3.28. The summed E-state index contributed by atoms with van der Waals surface area (Å²) in [5, 5.41) is 15.0. The van der Waals surface area contributed by atoms with E-state index in [4.69, 9.17) is 5.73 Å². The van der Waals surface area contributed by atoms with Crippen LogP contribution in [0.1, 0.15) is 0 Å². The Labute approximate surface area is 158 Å². The maximum atomic E-state index is 13.7. The highest BCUT2D eigenvalue weighted by Gasteiger charge is 2.14. The summed E-state index contributed by atoms with van der Waals surface area (Å²) in [6.45, 7) is 0. The van der Waals surface area contributed by atoms with Gasteiger partial charge in [-0.3, -0.25) is 4.98 Å². The molecule has 3 N–H and O–H groups in total. The average molecular weight is 371 g/mol. The van der Waals surface area contributed by atoms with Crippen molar-refractivity contribution in [3.8, 4) is 28.1 Å². The van der Waals surface area contributed by atoms with Crippen LogP contribution in [0.2, 0.25) is 0 Å². The molecule has 0 fully saturated rings. The Kier molecular flexibility index (Phi) is 3.48. The first-order valence-electron chi connectivity index (χ1n) is 8.58. The largest absolute Gasteiger partial charge is 0.508 e. The predicted molar refractivity (Wildman–Crippen MR) is 105 cm³/mol. The van der Waals surface area contributed by atoms with Crippen LogP contribution in [0, 0.1) is 5.82 Å². The summed E-state index contributed by atoms with van der Waals surface area (Å²) in [7, 11) is 0. The number of anilines is 1. The van der Waals surface area contributed by atoms with Gasteiger partial charge in [-0.05, 0) is 24.3 Å². The molecule has 28 heavy (non-hydrogen) atoms. The van der Waals surface area contributed by atoms with Gasteiger partial charge in [0.1, 0.15) is 17.4 Å². The summed E-state index contributed by atoms with van der Waals surface area (Å²) in [6.07, 6.45) is 3.44. The second kappa shape index (κ2) is 6.02. The smallest absolute Gasteiger partial charge is 0.165 e. The van der Waals surface area contributed by atoms with Gasteiger partial charge in [-0.25, -0.2) is 9.37 Å². The molecule has 0 spiro atoms. The van der Waals surface area contributed by atoms with Crippen LogP contribution >= 0.6 is 0 Å². The number of hydrogen-bond donors (Lipinski definition) is 2. The number of nitrogens with zero attached hydrogens (tertiary/aromatic N) is 4. The Bertz CT molecular complexity index is 1340. The Balaban J connectivity index is 1.72. The molecule has 0 radical (unpaired) electrons. The van der Waals surface area contributed by atoms with Crippen LogP contribution in [0.15, 0.2) is 67.0 Å². The third kappa shape index (κ3) is 2.61. The van der Waals surface area contributed by atoms with Gasteiger partial charge in [0.2, 0.25) is 0 Å². The van der Waals surface area contributed by atoms with Crippen LogP contribution in [-0.4, -0.2) is 24.7 Å². The van der Waals surface area contributed by atoms with E-state index in [1.165, 1.54) is 16.6 Å². The molecule has 0 atom stereocenters. The Morgan fingerprint density at radius 1 is 0.964 bits per heavy atom. The molecule has 3 aromatic heterocycles. The molecule has 7 heteroatoms. The van der Waals surface area contributed by atoms with Gasteiger partial charge >= 0.3 is 0 Å². The van der Waals surface area contributed by atoms with Crippen molar-refractivity contribution in [2.75, 3.05) is 5.73 Å². The number of hydrogen-bond acceptors (Lipinski definition) is 5. The van der Waals surface area contributed by atoms with Gasteiger partial charge in [0, 0.05) is 40.4 Å². The summed E-state index contributed by atoms with van der Waals surface area (Å²) < 4.78 is 15.2. The van der Waals surface area contributed by atoms with E-state index in [1.54, 1.807) is 18.5 Å². The highest BCUT2D eigenvalue weighted by atomic mass is 19.1. The van der Waals surface area contributed by atoms with Crippen molar-refractivity contribution >= 4 is 22.4 Å². The minimum atomic E-state index is -0.553. The molecule has 0 saturated carbocycles. The predicted octanol–water partition coefficient (Wildman–Crippen LogP) is 4.04. The molecule has 0 saturated heterocycles. The normalized spacial score (nSPS) is 11.3. The zero-order valence-corrected chi connectivity index (χ0v) is 14.5. The zero-order chi connectivity index (χ0) is 19.3. The Morgan fingerprint density at radius 2 is 1.82 bits per heavy atom. The molecule has 0 amide bonds. The molecule has 3 heterocycles. The molecule has 0 bridgehead atoms. The topological polar surface area (TPSA) is 89.3 Å². The van der Waals surface area contributed by atoms with E-state index < -0.39 is 5.82 Å². The van der Waals surface area contributed by atoms with Crippen LogP contribution < -0.4 is 5.73 Å². The molecule has 2 aromatic carbocycles. The van der Waals surface area contributed by atoms with Crippen molar-refractivity contribution in [2.24, 2.45) is 0 Å². The van der Waals surface area contributed by atoms with Crippen LogP contribution in [0.5, 0.6) is 5.75 Å². The number of fused-ring (bicyclic) bond motifs is 2. The fourth-order valence-corrected chi connectivity index (χ4v) is 3.28. The van der Waals surface area contributed by atoms with Gasteiger partial charge in [0.25, 0.3) is 0 Å². The number of para-hydroxylation sites is 1. The Hall–Kier alpha value is -4.00. The average Bonchev–Trinajstić information content (AvgIpc) is 3.11. The van der Waals surface area contributed by atoms with Crippen molar-refractivity contribution < 1.29 is 9.50 Å². The summed E-state index contributed by atoms with van der Waals surface area (Å²) in [5.74, 6) is -0.380. The summed E-state index contributed by atoms with van der Waals surface area (Å²) in [4.78, 5) is 9.11. The number of nitrogen functional groups attached to an aromatic ring is 1. The third-order valence-corrected chi connectivity index (χ3v) is 4.58. The van der Waals surface area contributed by atoms with Crippen molar-refractivity contribution in [3.05, 3.63) is 72.8 Å².